The Hall–Kier alpha value is -7.43. The second kappa shape index (κ2) is 11.8. The number of hydrogen-bond acceptors (Lipinski definition) is 3. The predicted molar refractivity (Wildman–Crippen MR) is 227 cm³/mol. The van der Waals surface area contributed by atoms with Gasteiger partial charge in [-0.05, 0) is 62.7 Å². The van der Waals surface area contributed by atoms with Crippen LogP contribution in [-0.2, 0) is 5.41 Å². The highest BCUT2D eigenvalue weighted by atomic mass is 15.2. The molecule has 0 unspecified atom stereocenters. The number of aromatic nitrogens is 4. The minimum Gasteiger partial charge on any atom is -0.309 e. The van der Waals surface area contributed by atoms with Crippen LogP contribution < -0.4 is 0 Å². The average molecular weight is 713 g/mol. The summed E-state index contributed by atoms with van der Waals surface area (Å²) < 4.78 is 2.49. The van der Waals surface area contributed by atoms with E-state index in [4.69, 9.17) is 15.2 Å². The maximum atomic E-state index is 5.36. The van der Waals surface area contributed by atoms with Crippen LogP contribution in [0.3, 0.4) is 0 Å². The van der Waals surface area contributed by atoms with E-state index in [-0.39, 0.29) is 0 Å². The summed E-state index contributed by atoms with van der Waals surface area (Å²) in [5.41, 5.74) is 17.5. The first-order valence-corrected chi connectivity index (χ1v) is 19.1. The number of para-hydroxylation sites is 2. The molecular formula is C52H32N4. The van der Waals surface area contributed by atoms with Gasteiger partial charge in [-0.1, -0.05) is 176 Å². The Morgan fingerprint density at radius 2 is 1.00 bits per heavy atom. The summed E-state index contributed by atoms with van der Waals surface area (Å²) in [5, 5.41) is 12.3. The lowest BCUT2D eigenvalue weighted by molar-refractivity contribution is 0.748. The van der Waals surface area contributed by atoms with Crippen LogP contribution in [0.2, 0.25) is 0 Å². The molecule has 2 aromatic heterocycles. The molecule has 0 amide bonds. The molecule has 260 valence electrons. The number of rotatable bonds is 4. The highest BCUT2D eigenvalue weighted by Gasteiger charge is 2.50. The molecule has 1 aliphatic carbocycles. The number of benzene rings is 8. The highest BCUT2D eigenvalue weighted by Crippen LogP contribution is 2.61. The molecule has 12 rings (SSSR count). The highest BCUT2D eigenvalue weighted by molar-refractivity contribution is 6.19. The van der Waals surface area contributed by atoms with E-state index in [0.717, 1.165) is 50.1 Å². The van der Waals surface area contributed by atoms with E-state index in [1.807, 2.05) is 30.3 Å². The zero-order valence-corrected chi connectivity index (χ0v) is 30.3. The van der Waals surface area contributed by atoms with Gasteiger partial charge in [-0.25, -0.2) is 4.98 Å². The molecule has 1 spiro atoms. The van der Waals surface area contributed by atoms with Gasteiger partial charge in [-0.2, -0.15) is 0 Å². The van der Waals surface area contributed by atoms with Crippen molar-refractivity contribution in [2.75, 3.05) is 0 Å². The minimum atomic E-state index is -0.515. The van der Waals surface area contributed by atoms with Gasteiger partial charge in [0.05, 0.1) is 22.1 Å². The summed E-state index contributed by atoms with van der Waals surface area (Å²) in [7, 11) is 0. The van der Waals surface area contributed by atoms with Crippen molar-refractivity contribution in [2.45, 2.75) is 5.41 Å². The van der Waals surface area contributed by atoms with Gasteiger partial charge in [0.2, 0.25) is 0 Å². The Kier molecular flexibility index (Phi) is 6.52. The number of fused-ring (bicyclic) bond motifs is 12. The molecule has 0 radical (unpaired) electrons. The maximum Gasteiger partial charge on any atom is 0.182 e. The maximum absolute atomic E-state index is 5.36. The van der Waals surface area contributed by atoms with Gasteiger partial charge in [0.15, 0.2) is 5.82 Å². The lowest BCUT2D eigenvalue weighted by Gasteiger charge is -2.39. The lowest BCUT2D eigenvalue weighted by atomic mass is 9.65. The first-order chi connectivity index (χ1) is 27.8. The second-order valence-corrected chi connectivity index (χ2v) is 14.7. The molecular weight excluding hydrogens is 681 g/mol. The quantitative estimate of drug-likeness (QED) is 0.182. The summed E-state index contributed by atoms with van der Waals surface area (Å²) in [6.07, 6.45) is 0. The monoisotopic (exact) mass is 712 g/mol. The van der Waals surface area contributed by atoms with Gasteiger partial charge >= 0.3 is 0 Å². The van der Waals surface area contributed by atoms with Crippen molar-refractivity contribution >= 4 is 21.8 Å². The number of hydrogen-bond donors (Lipinski definition) is 0. The van der Waals surface area contributed by atoms with E-state index in [1.165, 1.54) is 50.0 Å². The topological polar surface area (TPSA) is 43.6 Å². The molecule has 0 bridgehead atoms. The molecule has 0 N–H and O–H groups in total. The van der Waals surface area contributed by atoms with Crippen LogP contribution in [0, 0.1) is 0 Å². The van der Waals surface area contributed by atoms with Gasteiger partial charge in [-0.15, -0.1) is 10.2 Å². The SMILES string of the molecule is c1ccc(-c2cccc(-c3nc(-c4ccccc4)nnc3-c3ccc4c5c3c3ccccc3n5-c3ccccc3C43c4ccccc4-c4ccccc43)c2)cc1. The fourth-order valence-electron chi connectivity index (χ4n) is 9.69. The molecule has 3 heterocycles. The van der Waals surface area contributed by atoms with Gasteiger partial charge in [0, 0.05) is 27.5 Å². The zero-order valence-electron chi connectivity index (χ0n) is 30.3. The Morgan fingerprint density at radius 1 is 0.393 bits per heavy atom. The van der Waals surface area contributed by atoms with Crippen molar-refractivity contribution in [2.24, 2.45) is 0 Å². The summed E-state index contributed by atoms with van der Waals surface area (Å²) in [4.78, 5) is 5.36. The summed E-state index contributed by atoms with van der Waals surface area (Å²) in [6, 6.07) is 69.7. The Bertz CT molecular complexity index is 3150. The minimum absolute atomic E-state index is 0.515. The molecule has 4 nitrogen and oxygen atoms in total. The second-order valence-electron chi connectivity index (χ2n) is 14.7. The predicted octanol–water partition coefficient (Wildman–Crippen LogP) is 12.3. The van der Waals surface area contributed by atoms with Crippen molar-refractivity contribution in [3.63, 3.8) is 0 Å². The Labute approximate surface area is 324 Å². The van der Waals surface area contributed by atoms with Crippen LogP contribution in [0.25, 0.3) is 83.6 Å². The first kappa shape index (κ1) is 31.0. The normalized spacial score (nSPS) is 13.1. The fraction of sp³-hybridized carbons (Fsp3) is 0.0192. The molecule has 10 aromatic rings. The fourth-order valence-corrected chi connectivity index (χ4v) is 9.69. The standard InChI is InChI=1S/C52H32N4/c1-3-16-33(17-4-1)35-20-15-21-36(32-35)48-49(54-55-51(53-48)34-18-5-2-6-19-34)40-30-31-44-50-47(40)39-24-9-13-28-45(39)56(50)46-29-14-12-27-43(46)52(44)41-25-10-7-22-37(41)38-23-8-11-26-42(38)52/h1-32H. The average Bonchev–Trinajstić information content (AvgIpc) is 3.78. The zero-order chi connectivity index (χ0) is 36.8. The molecule has 0 saturated heterocycles. The molecule has 2 aliphatic rings. The smallest absolute Gasteiger partial charge is 0.182 e. The van der Waals surface area contributed by atoms with Crippen LogP contribution in [0.1, 0.15) is 22.3 Å². The van der Waals surface area contributed by atoms with Gasteiger partial charge < -0.3 is 4.57 Å². The van der Waals surface area contributed by atoms with E-state index in [0.29, 0.717) is 5.82 Å². The Balaban J connectivity index is 1.21. The molecule has 56 heavy (non-hydrogen) atoms. The molecule has 8 aromatic carbocycles. The van der Waals surface area contributed by atoms with Crippen molar-refractivity contribution < 1.29 is 0 Å². The van der Waals surface area contributed by atoms with Crippen LogP contribution in [0.4, 0.5) is 0 Å². The largest absolute Gasteiger partial charge is 0.309 e. The van der Waals surface area contributed by atoms with E-state index in [2.05, 4.69) is 168 Å². The summed E-state index contributed by atoms with van der Waals surface area (Å²) in [5.74, 6) is 0.595. The lowest BCUT2D eigenvalue weighted by Crippen LogP contribution is -2.33. The van der Waals surface area contributed by atoms with Crippen molar-refractivity contribution in [3.05, 3.63) is 216 Å². The molecule has 4 heteroatoms. The van der Waals surface area contributed by atoms with Gasteiger partial charge in [0.1, 0.15) is 11.4 Å². The first-order valence-electron chi connectivity index (χ1n) is 19.1. The van der Waals surface area contributed by atoms with Crippen LogP contribution >= 0.6 is 0 Å². The molecule has 0 fully saturated rings. The third-order valence-electron chi connectivity index (χ3n) is 11.9. The Morgan fingerprint density at radius 3 is 1.77 bits per heavy atom. The van der Waals surface area contributed by atoms with Crippen LogP contribution in [-0.4, -0.2) is 19.7 Å². The van der Waals surface area contributed by atoms with E-state index in [1.54, 1.807) is 0 Å². The van der Waals surface area contributed by atoms with Crippen molar-refractivity contribution in [1.82, 2.24) is 19.7 Å². The summed E-state index contributed by atoms with van der Waals surface area (Å²) in [6.45, 7) is 0. The van der Waals surface area contributed by atoms with Gasteiger partial charge in [-0.3, -0.25) is 0 Å². The molecule has 1 aliphatic heterocycles. The molecule has 0 atom stereocenters. The van der Waals surface area contributed by atoms with E-state index < -0.39 is 5.41 Å². The van der Waals surface area contributed by atoms with E-state index >= 15 is 0 Å². The van der Waals surface area contributed by atoms with Crippen molar-refractivity contribution in [3.8, 4) is 61.8 Å². The van der Waals surface area contributed by atoms with Crippen LogP contribution in [0.15, 0.2) is 194 Å². The third-order valence-corrected chi connectivity index (χ3v) is 11.9. The van der Waals surface area contributed by atoms with E-state index in [9.17, 15) is 0 Å². The third kappa shape index (κ3) is 4.15. The van der Waals surface area contributed by atoms with Crippen LogP contribution in [0.5, 0.6) is 0 Å². The van der Waals surface area contributed by atoms with Gasteiger partial charge in [0.25, 0.3) is 0 Å². The summed E-state index contributed by atoms with van der Waals surface area (Å²) >= 11 is 0. The molecule has 0 saturated carbocycles. The van der Waals surface area contributed by atoms with Crippen molar-refractivity contribution in [1.29, 1.82) is 0 Å². The number of nitrogens with zero attached hydrogens (tertiary/aromatic N) is 4.